The average Bonchev–Trinajstić information content (AvgIpc) is 2.95. The largest absolute Gasteiger partial charge is 0.460 e. The van der Waals surface area contributed by atoms with Crippen LogP contribution in [0.3, 0.4) is 0 Å². The zero-order valence-corrected chi connectivity index (χ0v) is 12.3. The average molecular weight is 286 g/mol. The second-order valence-electron chi connectivity index (χ2n) is 4.50. The minimum atomic E-state index is 0.707. The highest BCUT2D eigenvalue weighted by Crippen LogP contribution is 2.32. The van der Waals surface area contributed by atoms with Gasteiger partial charge in [0.25, 0.3) is 0 Å². The Kier molecular flexibility index (Phi) is 3.23. The number of nitrogens with zero attached hydrogens (tertiary/aromatic N) is 3. The number of aromatic nitrogens is 2. The first-order valence-corrected chi connectivity index (χ1v) is 7.03. The predicted molar refractivity (Wildman–Crippen MR) is 81.6 cm³/mol. The van der Waals surface area contributed by atoms with Crippen LogP contribution in [-0.4, -0.2) is 16.2 Å². The van der Waals surface area contributed by atoms with Gasteiger partial charge in [0.1, 0.15) is 22.7 Å². The SMILES string of the molecule is Cc1ccc(/C=N\Nc2ncnc3sc(C)c(C)c23)o1. The molecule has 3 heterocycles. The molecule has 0 atom stereocenters. The van der Waals surface area contributed by atoms with Crippen LogP contribution in [0.1, 0.15) is 22.0 Å². The summed E-state index contributed by atoms with van der Waals surface area (Å²) in [7, 11) is 0. The molecule has 0 radical (unpaired) electrons. The number of aryl methyl sites for hydroxylation is 3. The lowest BCUT2D eigenvalue weighted by Crippen LogP contribution is -1.95. The predicted octanol–water partition coefficient (Wildman–Crippen LogP) is 3.66. The van der Waals surface area contributed by atoms with E-state index in [0.717, 1.165) is 21.8 Å². The Bertz CT molecular complexity index is 788. The van der Waals surface area contributed by atoms with Crippen LogP contribution in [0.4, 0.5) is 5.82 Å². The van der Waals surface area contributed by atoms with E-state index >= 15 is 0 Å². The van der Waals surface area contributed by atoms with Crippen LogP contribution in [0.2, 0.25) is 0 Å². The van der Waals surface area contributed by atoms with Gasteiger partial charge in [-0.05, 0) is 38.5 Å². The molecule has 102 valence electrons. The zero-order valence-electron chi connectivity index (χ0n) is 11.5. The molecule has 3 aromatic heterocycles. The number of thiophene rings is 1. The number of rotatable bonds is 3. The summed E-state index contributed by atoms with van der Waals surface area (Å²) >= 11 is 1.66. The fraction of sp³-hybridized carbons (Fsp3) is 0.214. The van der Waals surface area contributed by atoms with Crippen molar-refractivity contribution in [3.63, 3.8) is 0 Å². The van der Waals surface area contributed by atoms with Gasteiger partial charge in [0.2, 0.25) is 0 Å². The van der Waals surface area contributed by atoms with Gasteiger partial charge in [-0.3, -0.25) is 5.43 Å². The first kappa shape index (κ1) is 12.8. The third-order valence-corrected chi connectivity index (χ3v) is 4.20. The second kappa shape index (κ2) is 5.05. The molecule has 0 amide bonds. The van der Waals surface area contributed by atoms with E-state index in [0.29, 0.717) is 5.76 Å². The van der Waals surface area contributed by atoms with Crippen LogP contribution >= 0.6 is 11.3 Å². The fourth-order valence-corrected chi connectivity index (χ4v) is 2.94. The monoisotopic (exact) mass is 286 g/mol. The molecule has 0 saturated carbocycles. The Morgan fingerprint density at radius 3 is 2.85 bits per heavy atom. The maximum Gasteiger partial charge on any atom is 0.158 e. The molecule has 1 N–H and O–H groups in total. The molecular formula is C14H14N4OS. The second-order valence-corrected chi connectivity index (χ2v) is 5.71. The summed E-state index contributed by atoms with van der Waals surface area (Å²) in [6.07, 6.45) is 3.18. The summed E-state index contributed by atoms with van der Waals surface area (Å²) in [6, 6.07) is 3.77. The Labute approximate surface area is 120 Å². The Hall–Kier alpha value is -2.21. The lowest BCUT2D eigenvalue weighted by molar-refractivity contribution is 0.528. The van der Waals surface area contributed by atoms with E-state index in [2.05, 4.69) is 34.3 Å². The van der Waals surface area contributed by atoms with Crippen LogP contribution in [0, 0.1) is 20.8 Å². The quantitative estimate of drug-likeness (QED) is 0.589. The van der Waals surface area contributed by atoms with Gasteiger partial charge < -0.3 is 4.42 Å². The molecule has 20 heavy (non-hydrogen) atoms. The van der Waals surface area contributed by atoms with E-state index in [4.69, 9.17) is 4.42 Å². The summed E-state index contributed by atoms with van der Waals surface area (Å²) in [6.45, 7) is 6.05. The fourth-order valence-electron chi connectivity index (χ4n) is 1.95. The molecule has 0 aliphatic carbocycles. The van der Waals surface area contributed by atoms with Crippen molar-refractivity contribution in [2.45, 2.75) is 20.8 Å². The molecule has 0 bridgehead atoms. The number of anilines is 1. The summed E-state index contributed by atoms with van der Waals surface area (Å²) in [5, 5.41) is 5.20. The maximum atomic E-state index is 5.42. The Balaban J connectivity index is 1.89. The van der Waals surface area contributed by atoms with Crippen LogP contribution in [0.25, 0.3) is 10.2 Å². The number of fused-ring (bicyclic) bond motifs is 1. The first-order valence-electron chi connectivity index (χ1n) is 6.21. The van der Waals surface area contributed by atoms with Crippen molar-refractivity contribution in [1.29, 1.82) is 0 Å². The highest BCUT2D eigenvalue weighted by molar-refractivity contribution is 7.18. The van der Waals surface area contributed by atoms with Crippen molar-refractivity contribution in [2.75, 3.05) is 5.43 Å². The molecule has 0 aliphatic rings. The molecule has 0 fully saturated rings. The number of hydrogen-bond donors (Lipinski definition) is 1. The van der Waals surface area contributed by atoms with Gasteiger partial charge in [-0.15, -0.1) is 11.3 Å². The van der Waals surface area contributed by atoms with Crippen molar-refractivity contribution < 1.29 is 4.42 Å². The van der Waals surface area contributed by atoms with Crippen molar-refractivity contribution >= 4 is 33.6 Å². The van der Waals surface area contributed by atoms with Crippen molar-refractivity contribution in [3.05, 3.63) is 40.4 Å². The molecule has 0 unspecified atom stereocenters. The van der Waals surface area contributed by atoms with Gasteiger partial charge in [0.05, 0.1) is 11.6 Å². The van der Waals surface area contributed by atoms with Gasteiger partial charge >= 0.3 is 0 Å². The highest BCUT2D eigenvalue weighted by atomic mass is 32.1. The molecule has 5 nitrogen and oxygen atoms in total. The molecule has 0 spiro atoms. The molecular weight excluding hydrogens is 272 g/mol. The summed E-state index contributed by atoms with van der Waals surface area (Å²) in [5.74, 6) is 2.29. The van der Waals surface area contributed by atoms with Crippen molar-refractivity contribution in [1.82, 2.24) is 9.97 Å². The Morgan fingerprint density at radius 2 is 2.10 bits per heavy atom. The van der Waals surface area contributed by atoms with Gasteiger partial charge in [-0.25, -0.2) is 9.97 Å². The smallest absolute Gasteiger partial charge is 0.158 e. The van der Waals surface area contributed by atoms with E-state index in [-0.39, 0.29) is 0 Å². The standard InChI is InChI=1S/C14H14N4OS/c1-8-4-5-11(19-8)6-17-18-13-12-9(2)10(3)20-14(12)16-7-15-13/h4-7H,1-3H3,(H,15,16,18)/b17-6-. The minimum absolute atomic E-state index is 0.707. The lowest BCUT2D eigenvalue weighted by Gasteiger charge is -2.01. The topological polar surface area (TPSA) is 63.3 Å². The van der Waals surface area contributed by atoms with Gasteiger partial charge in [-0.1, -0.05) is 0 Å². The van der Waals surface area contributed by atoms with E-state index in [1.54, 1.807) is 23.9 Å². The van der Waals surface area contributed by atoms with E-state index in [1.807, 2.05) is 19.1 Å². The van der Waals surface area contributed by atoms with Crippen molar-refractivity contribution in [3.8, 4) is 0 Å². The Morgan fingerprint density at radius 1 is 1.25 bits per heavy atom. The number of hydrogen-bond acceptors (Lipinski definition) is 6. The number of nitrogens with one attached hydrogen (secondary N) is 1. The molecule has 0 aromatic carbocycles. The van der Waals surface area contributed by atoms with Gasteiger partial charge in [0.15, 0.2) is 5.82 Å². The van der Waals surface area contributed by atoms with E-state index < -0.39 is 0 Å². The third-order valence-electron chi connectivity index (χ3n) is 3.09. The molecule has 0 aliphatic heterocycles. The zero-order chi connectivity index (χ0) is 14.1. The minimum Gasteiger partial charge on any atom is -0.460 e. The molecule has 6 heteroatoms. The van der Waals surface area contributed by atoms with E-state index in [1.165, 1.54) is 10.4 Å². The summed E-state index contributed by atoms with van der Waals surface area (Å²) in [5.41, 5.74) is 4.16. The first-order chi connectivity index (χ1) is 9.65. The van der Waals surface area contributed by atoms with Crippen molar-refractivity contribution in [2.24, 2.45) is 5.10 Å². The van der Waals surface area contributed by atoms with Gasteiger partial charge in [-0.2, -0.15) is 5.10 Å². The third kappa shape index (κ3) is 2.30. The van der Waals surface area contributed by atoms with Gasteiger partial charge in [0, 0.05) is 4.88 Å². The van der Waals surface area contributed by atoms with Crippen LogP contribution < -0.4 is 5.43 Å². The normalized spacial score (nSPS) is 11.6. The van der Waals surface area contributed by atoms with Crippen LogP contribution in [0.5, 0.6) is 0 Å². The highest BCUT2D eigenvalue weighted by Gasteiger charge is 2.11. The molecule has 3 rings (SSSR count). The maximum absolute atomic E-state index is 5.42. The van der Waals surface area contributed by atoms with E-state index in [9.17, 15) is 0 Å². The molecule has 3 aromatic rings. The number of furan rings is 1. The molecule has 0 saturated heterocycles. The van der Waals surface area contributed by atoms with Crippen LogP contribution in [0.15, 0.2) is 28.0 Å². The van der Waals surface area contributed by atoms with Crippen LogP contribution in [-0.2, 0) is 0 Å². The lowest BCUT2D eigenvalue weighted by atomic mass is 10.2. The number of hydrazone groups is 1. The summed E-state index contributed by atoms with van der Waals surface area (Å²) < 4.78 is 5.42. The summed E-state index contributed by atoms with van der Waals surface area (Å²) in [4.78, 5) is 10.8.